The second kappa shape index (κ2) is 5.31. The third-order valence-corrected chi connectivity index (χ3v) is 3.02. The SMILES string of the molecule is Cc1cnc(C(C)NC(=O)CC2CCNC2)o1. The molecule has 5 heteroatoms. The first-order chi connectivity index (χ1) is 8.15. The third-order valence-electron chi connectivity index (χ3n) is 3.02. The minimum absolute atomic E-state index is 0.0713. The molecule has 1 aromatic rings. The van der Waals surface area contributed by atoms with Gasteiger partial charge in [-0.2, -0.15) is 0 Å². The Balaban J connectivity index is 1.81. The van der Waals surface area contributed by atoms with Gasteiger partial charge in [0.1, 0.15) is 11.8 Å². The Labute approximate surface area is 101 Å². The maximum atomic E-state index is 11.8. The standard InChI is InChI=1S/C12H19N3O2/c1-8-6-14-12(17-8)9(2)15-11(16)5-10-3-4-13-7-10/h6,9-10,13H,3-5,7H2,1-2H3,(H,15,16). The van der Waals surface area contributed by atoms with Crippen molar-refractivity contribution in [1.29, 1.82) is 0 Å². The molecule has 2 rings (SSSR count). The zero-order valence-corrected chi connectivity index (χ0v) is 10.3. The van der Waals surface area contributed by atoms with Gasteiger partial charge in [-0.1, -0.05) is 0 Å². The molecule has 94 valence electrons. The molecule has 0 spiro atoms. The van der Waals surface area contributed by atoms with E-state index in [4.69, 9.17) is 4.42 Å². The van der Waals surface area contributed by atoms with Gasteiger partial charge in [-0.15, -0.1) is 0 Å². The lowest BCUT2D eigenvalue weighted by Crippen LogP contribution is -2.29. The molecule has 0 aliphatic carbocycles. The van der Waals surface area contributed by atoms with Crippen molar-refractivity contribution in [3.63, 3.8) is 0 Å². The summed E-state index contributed by atoms with van der Waals surface area (Å²) < 4.78 is 5.38. The molecule has 1 aliphatic rings. The number of rotatable bonds is 4. The highest BCUT2D eigenvalue weighted by Crippen LogP contribution is 2.15. The second-order valence-electron chi connectivity index (χ2n) is 4.66. The van der Waals surface area contributed by atoms with E-state index in [0.717, 1.165) is 25.3 Å². The van der Waals surface area contributed by atoms with E-state index >= 15 is 0 Å². The van der Waals surface area contributed by atoms with Crippen LogP contribution in [0.2, 0.25) is 0 Å². The summed E-state index contributed by atoms with van der Waals surface area (Å²) in [5.41, 5.74) is 0. The van der Waals surface area contributed by atoms with Gasteiger partial charge in [0.2, 0.25) is 11.8 Å². The molecular formula is C12H19N3O2. The number of aromatic nitrogens is 1. The predicted molar refractivity (Wildman–Crippen MR) is 63.4 cm³/mol. The summed E-state index contributed by atoms with van der Waals surface area (Å²) in [7, 11) is 0. The van der Waals surface area contributed by atoms with E-state index in [9.17, 15) is 4.79 Å². The summed E-state index contributed by atoms with van der Waals surface area (Å²) in [6, 6.07) is -0.162. The van der Waals surface area contributed by atoms with Crippen LogP contribution in [0.25, 0.3) is 0 Å². The first-order valence-electron chi connectivity index (χ1n) is 6.07. The van der Waals surface area contributed by atoms with Crippen LogP contribution < -0.4 is 10.6 Å². The van der Waals surface area contributed by atoms with Gasteiger partial charge in [0.05, 0.1) is 6.20 Å². The molecule has 2 N–H and O–H groups in total. The maximum absolute atomic E-state index is 11.8. The number of nitrogens with zero attached hydrogens (tertiary/aromatic N) is 1. The van der Waals surface area contributed by atoms with Gasteiger partial charge < -0.3 is 15.1 Å². The molecule has 17 heavy (non-hydrogen) atoms. The van der Waals surface area contributed by atoms with Gasteiger partial charge in [-0.25, -0.2) is 4.98 Å². The van der Waals surface area contributed by atoms with Gasteiger partial charge in [0, 0.05) is 6.42 Å². The average molecular weight is 237 g/mol. The van der Waals surface area contributed by atoms with Crippen molar-refractivity contribution in [2.24, 2.45) is 5.92 Å². The van der Waals surface area contributed by atoms with Crippen LogP contribution in [0.1, 0.15) is 37.5 Å². The topological polar surface area (TPSA) is 67.2 Å². The van der Waals surface area contributed by atoms with Gasteiger partial charge in [-0.3, -0.25) is 4.79 Å². The highest BCUT2D eigenvalue weighted by atomic mass is 16.4. The number of carbonyl (C=O) groups excluding carboxylic acids is 1. The first-order valence-corrected chi connectivity index (χ1v) is 6.07. The van der Waals surface area contributed by atoms with Crippen LogP contribution in [0.5, 0.6) is 0 Å². The van der Waals surface area contributed by atoms with Crippen molar-refractivity contribution < 1.29 is 9.21 Å². The smallest absolute Gasteiger partial charge is 0.220 e. The number of carbonyl (C=O) groups is 1. The second-order valence-corrected chi connectivity index (χ2v) is 4.66. The molecule has 1 saturated heterocycles. The van der Waals surface area contributed by atoms with E-state index in [1.807, 2.05) is 13.8 Å². The third kappa shape index (κ3) is 3.30. The first kappa shape index (κ1) is 12.1. The van der Waals surface area contributed by atoms with Crippen molar-refractivity contribution >= 4 is 5.91 Å². The molecule has 0 bridgehead atoms. The monoisotopic (exact) mass is 237 g/mol. The highest BCUT2D eigenvalue weighted by Gasteiger charge is 2.20. The van der Waals surface area contributed by atoms with E-state index in [0.29, 0.717) is 18.2 Å². The van der Waals surface area contributed by atoms with E-state index in [1.165, 1.54) is 0 Å². The molecule has 2 atom stereocenters. The number of aryl methyl sites for hydroxylation is 1. The number of hydrogen-bond acceptors (Lipinski definition) is 4. The van der Waals surface area contributed by atoms with E-state index in [2.05, 4.69) is 15.6 Å². The van der Waals surface area contributed by atoms with Crippen LogP contribution in [0, 0.1) is 12.8 Å². The number of amides is 1. The van der Waals surface area contributed by atoms with Gasteiger partial charge in [0.15, 0.2) is 0 Å². The minimum Gasteiger partial charge on any atom is -0.444 e. The number of hydrogen-bond donors (Lipinski definition) is 2. The van der Waals surface area contributed by atoms with E-state index in [1.54, 1.807) is 6.20 Å². The average Bonchev–Trinajstić information content (AvgIpc) is 2.89. The van der Waals surface area contributed by atoms with E-state index in [-0.39, 0.29) is 11.9 Å². The van der Waals surface area contributed by atoms with Crippen LogP contribution >= 0.6 is 0 Å². The van der Waals surface area contributed by atoms with Gasteiger partial charge in [-0.05, 0) is 39.3 Å². The molecule has 0 radical (unpaired) electrons. The summed E-state index contributed by atoms with van der Waals surface area (Å²) in [5.74, 6) is 1.87. The normalized spacial score (nSPS) is 21.4. The zero-order valence-electron chi connectivity index (χ0n) is 10.3. The fourth-order valence-electron chi connectivity index (χ4n) is 2.09. The van der Waals surface area contributed by atoms with Crippen molar-refractivity contribution in [3.05, 3.63) is 17.8 Å². The lowest BCUT2D eigenvalue weighted by molar-refractivity contribution is -0.122. The van der Waals surface area contributed by atoms with Crippen LogP contribution in [0.15, 0.2) is 10.6 Å². The molecule has 1 amide bonds. The van der Waals surface area contributed by atoms with Crippen molar-refractivity contribution in [2.75, 3.05) is 13.1 Å². The fourth-order valence-corrected chi connectivity index (χ4v) is 2.09. The quantitative estimate of drug-likeness (QED) is 0.824. The van der Waals surface area contributed by atoms with Crippen LogP contribution in [-0.4, -0.2) is 24.0 Å². The molecule has 0 aromatic carbocycles. The zero-order chi connectivity index (χ0) is 12.3. The Morgan fingerprint density at radius 3 is 3.18 bits per heavy atom. The Kier molecular flexibility index (Phi) is 3.78. The molecule has 1 aromatic heterocycles. The van der Waals surface area contributed by atoms with Crippen LogP contribution in [0.4, 0.5) is 0 Å². The lowest BCUT2D eigenvalue weighted by Gasteiger charge is -2.12. The van der Waals surface area contributed by atoms with Crippen molar-refractivity contribution in [2.45, 2.75) is 32.7 Å². The molecule has 0 saturated carbocycles. The largest absolute Gasteiger partial charge is 0.444 e. The summed E-state index contributed by atoms with van der Waals surface area (Å²) in [6.07, 6.45) is 3.33. The fraction of sp³-hybridized carbons (Fsp3) is 0.667. The van der Waals surface area contributed by atoms with Gasteiger partial charge >= 0.3 is 0 Å². The number of oxazole rings is 1. The minimum atomic E-state index is -0.162. The molecule has 2 heterocycles. The molecular weight excluding hydrogens is 218 g/mol. The maximum Gasteiger partial charge on any atom is 0.220 e. The molecule has 5 nitrogen and oxygen atoms in total. The van der Waals surface area contributed by atoms with Crippen LogP contribution in [0.3, 0.4) is 0 Å². The Bertz CT molecular complexity index is 383. The predicted octanol–water partition coefficient (Wildman–Crippen LogP) is 1.16. The Hall–Kier alpha value is -1.36. The summed E-state index contributed by atoms with van der Waals surface area (Å²) in [6.45, 7) is 5.69. The Morgan fingerprint density at radius 2 is 2.59 bits per heavy atom. The van der Waals surface area contributed by atoms with Crippen molar-refractivity contribution in [3.8, 4) is 0 Å². The lowest BCUT2D eigenvalue weighted by atomic mass is 10.0. The van der Waals surface area contributed by atoms with Crippen molar-refractivity contribution in [1.82, 2.24) is 15.6 Å². The summed E-state index contributed by atoms with van der Waals surface area (Å²) >= 11 is 0. The highest BCUT2D eigenvalue weighted by molar-refractivity contribution is 5.76. The molecule has 1 fully saturated rings. The molecule has 1 aliphatic heterocycles. The molecule has 2 unspecified atom stereocenters. The Morgan fingerprint density at radius 1 is 1.76 bits per heavy atom. The summed E-state index contributed by atoms with van der Waals surface area (Å²) in [4.78, 5) is 15.9. The number of nitrogens with one attached hydrogen (secondary N) is 2. The van der Waals surface area contributed by atoms with E-state index < -0.39 is 0 Å². The van der Waals surface area contributed by atoms with Gasteiger partial charge in [0.25, 0.3) is 0 Å². The summed E-state index contributed by atoms with van der Waals surface area (Å²) in [5, 5.41) is 6.17. The van der Waals surface area contributed by atoms with Crippen LogP contribution in [-0.2, 0) is 4.79 Å².